The van der Waals surface area contributed by atoms with Crippen molar-refractivity contribution in [3.05, 3.63) is 199 Å². The Morgan fingerprint density at radius 1 is 0.455 bits per heavy atom. The topological polar surface area (TPSA) is 21.1 Å². The molecule has 3 nitrogen and oxygen atoms in total. The summed E-state index contributed by atoms with van der Waals surface area (Å²) in [7, 11) is 0. The van der Waals surface area contributed by atoms with Gasteiger partial charge in [-0.25, -0.2) is 0 Å². The van der Waals surface area contributed by atoms with Crippen LogP contribution in [0, 0.1) is 0 Å². The van der Waals surface area contributed by atoms with E-state index in [4.69, 9.17) is 0 Å². The molecule has 0 unspecified atom stereocenters. The van der Waals surface area contributed by atoms with Crippen molar-refractivity contribution in [3.8, 4) is 16.8 Å². The first-order valence-electron chi connectivity index (χ1n) is 18.6. The van der Waals surface area contributed by atoms with Gasteiger partial charge in [-0.1, -0.05) is 109 Å². The summed E-state index contributed by atoms with van der Waals surface area (Å²) in [5.41, 5.74) is 11.8. The molecule has 0 N–H and O–H groups in total. The van der Waals surface area contributed by atoms with Crippen LogP contribution in [0.5, 0.6) is 0 Å². The normalized spacial score (nSPS) is 11.9. The fraction of sp³-hybridized carbons (Fsp3) is 0. The minimum Gasteiger partial charge on any atom is -0.311 e. The van der Waals surface area contributed by atoms with Gasteiger partial charge in [0.05, 0.1) is 11.0 Å². The lowest BCUT2D eigenvalue weighted by Crippen LogP contribution is -2.09. The van der Waals surface area contributed by atoms with Gasteiger partial charge < -0.3 is 9.47 Å². The average Bonchev–Trinajstić information content (AvgIpc) is 3.79. The molecule has 0 fully saturated rings. The summed E-state index contributed by atoms with van der Waals surface area (Å²) >= 11 is 1.87. The average molecular weight is 720 g/mol. The lowest BCUT2D eigenvalue weighted by Gasteiger charge is -2.25. The quantitative estimate of drug-likeness (QED) is 0.121. The number of nitrogens with zero attached hydrogens (tertiary/aromatic N) is 3. The molecule has 55 heavy (non-hydrogen) atoms. The van der Waals surface area contributed by atoms with E-state index >= 15 is 0 Å². The number of hydrogen-bond acceptors (Lipinski definition) is 3. The zero-order valence-electron chi connectivity index (χ0n) is 29.8. The lowest BCUT2D eigenvalue weighted by atomic mass is 9.97. The minimum atomic E-state index is 1.12. The van der Waals surface area contributed by atoms with Gasteiger partial charge in [0.25, 0.3) is 0 Å². The van der Waals surface area contributed by atoms with Crippen molar-refractivity contribution < 1.29 is 0 Å². The number of thiophene rings is 1. The van der Waals surface area contributed by atoms with Crippen LogP contribution >= 0.6 is 11.3 Å². The molecule has 0 radical (unpaired) electrons. The Kier molecular flexibility index (Phi) is 7.35. The van der Waals surface area contributed by atoms with Crippen molar-refractivity contribution in [2.75, 3.05) is 4.90 Å². The van der Waals surface area contributed by atoms with Crippen LogP contribution in [0.3, 0.4) is 0 Å². The number of pyridine rings is 1. The van der Waals surface area contributed by atoms with Gasteiger partial charge in [0, 0.05) is 66.1 Å². The summed E-state index contributed by atoms with van der Waals surface area (Å²) in [6, 6.07) is 63.7. The first-order chi connectivity index (χ1) is 27.2. The number of aromatic nitrogens is 2. The van der Waals surface area contributed by atoms with Gasteiger partial charge in [-0.3, -0.25) is 4.98 Å². The highest BCUT2D eigenvalue weighted by molar-refractivity contribution is 7.25. The molecule has 4 heteroatoms. The van der Waals surface area contributed by atoms with Gasteiger partial charge in [0.2, 0.25) is 0 Å². The highest BCUT2D eigenvalue weighted by atomic mass is 32.1. The molecular formula is C51H33N3S. The molecule has 0 saturated heterocycles. The van der Waals surface area contributed by atoms with Crippen LogP contribution < -0.4 is 4.90 Å². The Morgan fingerprint density at radius 2 is 1.09 bits per heavy atom. The van der Waals surface area contributed by atoms with Crippen LogP contribution in [0.1, 0.15) is 11.1 Å². The maximum absolute atomic E-state index is 4.30. The summed E-state index contributed by atoms with van der Waals surface area (Å²) in [6.07, 6.45) is 8.18. The van der Waals surface area contributed by atoms with E-state index in [9.17, 15) is 0 Å². The third-order valence-corrected chi connectivity index (χ3v) is 11.9. The van der Waals surface area contributed by atoms with Gasteiger partial charge >= 0.3 is 0 Å². The Morgan fingerprint density at radius 3 is 1.85 bits per heavy atom. The van der Waals surface area contributed by atoms with Crippen molar-refractivity contribution in [1.29, 1.82) is 0 Å². The third kappa shape index (κ3) is 5.38. The molecule has 3 aromatic heterocycles. The van der Waals surface area contributed by atoms with E-state index < -0.39 is 0 Å². The molecule has 0 bridgehead atoms. The van der Waals surface area contributed by atoms with Crippen LogP contribution in [-0.4, -0.2) is 9.55 Å². The largest absolute Gasteiger partial charge is 0.311 e. The summed E-state index contributed by atoms with van der Waals surface area (Å²) in [6.45, 7) is 0. The Hall–Kier alpha value is -7.01. The lowest BCUT2D eigenvalue weighted by molar-refractivity contribution is 1.16. The fourth-order valence-electron chi connectivity index (χ4n) is 8.24. The number of anilines is 3. The molecule has 3 heterocycles. The second-order valence-electron chi connectivity index (χ2n) is 14.1. The molecule has 11 rings (SSSR count). The second kappa shape index (κ2) is 12.8. The minimum absolute atomic E-state index is 1.12. The van der Waals surface area contributed by atoms with Gasteiger partial charge in [0.1, 0.15) is 0 Å². The second-order valence-corrected chi connectivity index (χ2v) is 15.2. The molecule has 11 aromatic rings. The van der Waals surface area contributed by atoms with Gasteiger partial charge in [-0.05, 0) is 112 Å². The molecule has 0 atom stereocenters. The monoisotopic (exact) mass is 719 g/mol. The van der Waals surface area contributed by atoms with Crippen LogP contribution in [0.15, 0.2) is 188 Å². The highest BCUT2D eigenvalue weighted by Crippen LogP contribution is 2.43. The van der Waals surface area contributed by atoms with Crippen LogP contribution in [0.2, 0.25) is 0 Å². The first kappa shape index (κ1) is 31.5. The van der Waals surface area contributed by atoms with Gasteiger partial charge in [-0.15, -0.1) is 11.3 Å². The van der Waals surface area contributed by atoms with E-state index in [-0.39, 0.29) is 0 Å². The number of benzene rings is 8. The third-order valence-electron chi connectivity index (χ3n) is 10.8. The van der Waals surface area contributed by atoms with Crippen molar-refractivity contribution in [3.63, 3.8) is 0 Å². The molecule has 0 aliphatic carbocycles. The predicted octanol–water partition coefficient (Wildman–Crippen LogP) is 14.4. The zero-order chi connectivity index (χ0) is 36.3. The molecule has 8 aromatic carbocycles. The first-order valence-corrected chi connectivity index (χ1v) is 19.4. The highest BCUT2D eigenvalue weighted by Gasteiger charge is 2.18. The molecule has 0 spiro atoms. The number of fused-ring (bicyclic) bond motifs is 3. The zero-order valence-corrected chi connectivity index (χ0v) is 30.6. The summed E-state index contributed by atoms with van der Waals surface area (Å²) in [4.78, 5) is 6.59. The molecule has 0 aliphatic rings. The standard InChI is InChI=1S/C51H33N3S/c1-3-9-40(10-4-1)53(41-11-5-2-6-12-41)42-22-16-34(17-23-42)14-15-35-18-24-44-45-25-21-37(33-49(45)55-48(44)30-35)39-31-38-20-19-36-8-7-13-46-50(36)51(38)47(32-39)54(46)43-26-28-52-29-27-43/h1-33H. The predicted molar refractivity (Wildman–Crippen MR) is 236 cm³/mol. The van der Waals surface area contributed by atoms with Gasteiger partial charge in [0.15, 0.2) is 0 Å². The van der Waals surface area contributed by atoms with Crippen LogP contribution in [0.25, 0.3) is 81.7 Å². The number of para-hydroxylation sites is 2. The van der Waals surface area contributed by atoms with Crippen molar-refractivity contribution in [2.45, 2.75) is 0 Å². The van der Waals surface area contributed by atoms with E-state index in [1.54, 1.807) is 0 Å². The Bertz CT molecular complexity index is 3140. The summed E-state index contributed by atoms with van der Waals surface area (Å²) in [5, 5.41) is 7.76. The van der Waals surface area contributed by atoms with E-state index in [0.717, 1.165) is 28.3 Å². The Labute approximate surface area is 322 Å². The maximum Gasteiger partial charge on any atom is 0.0553 e. The van der Waals surface area contributed by atoms with Crippen molar-refractivity contribution >= 4 is 93.3 Å². The smallest absolute Gasteiger partial charge is 0.0553 e. The van der Waals surface area contributed by atoms with E-state index in [0.29, 0.717) is 0 Å². The molecule has 0 aliphatic heterocycles. The number of hydrogen-bond donors (Lipinski definition) is 0. The molecule has 0 amide bonds. The Balaban J connectivity index is 0.922. The molecular weight excluding hydrogens is 687 g/mol. The van der Waals surface area contributed by atoms with Crippen LogP contribution in [0.4, 0.5) is 17.1 Å². The van der Waals surface area contributed by atoms with Crippen LogP contribution in [-0.2, 0) is 0 Å². The van der Waals surface area contributed by atoms with E-state index in [1.807, 2.05) is 23.7 Å². The molecule has 0 saturated carbocycles. The number of rotatable bonds is 7. The maximum atomic E-state index is 4.30. The summed E-state index contributed by atoms with van der Waals surface area (Å²) in [5.74, 6) is 0. The van der Waals surface area contributed by atoms with E-state index in [1.165, 1.54) is 69.4 Å². The summed E-state index contributed by atoms with van der Waals surface area (Å²) < 4.78 is 4.98. The van der Waals surface area contributed by atoms with Crippen molar-refractivity contribution in [2.24, 2.45) is 0 Å². The fourth-order valence-corrected chi connectivity index (χ4v) is 9.43. The van der Waals surface area contributed by atoms with E-state index in [2.05, 4.69) is 203 Å². The SMILES string of the molecule is C(=Cc1ccc2c(c1)sc1cc(-c3cc4ccc5cccc6c5c4c(c3)n6-c3ccncc3)ccc12)c1ccc(N(c2ccccc2)c2ccccc2)cc1. The van der Waals surface area contributed by atoms with Crippen molar-refractivity contribution in [1.82, 2.24) is 9.55 Å². The molecule has 258 valence electrons. The van der Waals surface area contributed by atoms with Gasteiger partial charge in [-0.2, -0.15) is 0 Å².